The molecule has 0 unspecified atom stereocenters. The second kappa shape index (κ2) is 8.45. The zero-order valence-electron chi connectivity index (χ0n) is 13.9. The van der Waals surface area contributed by atoms with Crippen molar-refractivity contribution < 1.29 is 4.79 Å². The summed E-state index contributed by atoms with van der Waals surface area (Å²) in [6.45, 7) is 3.89. The van der Waals surface area contributed by atoms with Gasteiger partial charge in [0.2, 0.25) is 5.91 Å². The molecular weight excluding hydrogens is 294 g/mol. The highest BCUT2D eigenvalue weighted by molar-refractivity contribution is 5.91. The lowest BCUT2D eigenvalue weighted by Crippen LogP contribution is -2.25. The highest BCUT2D eigenvalue weighted by atomic mass is 16.2. The lowest BCUT2D eigenvalue weighted by molar-refractivity contribution is -0.116. The molecule has 2 aromatic rings. The van der Waals surface area contributed by atoms with Crippen LogP contribution in [0, 0.1) is 6.92 Å². The highest BCUT2D eigenvalue weighted by Crippen LogP contribution is 2.11. The van der Waals surface area contributed by atoms with Gasteiger partial charge in [0.1, 0.15) is 12.0 Å². The van der Waals surface area contributed by atoms with Crippen LogP contribution < -0.4 is 10.9 Å². The summed E-state index contributed by atoms with van der Waals surface area (Å²) in [7, 11) is 0. The summed E-state index contributed by atoms with van der Waals surface area (Å²) in [6, 6.07) is 0. The average molecular weight is 319 g/mol. The Morgan fingerprint density at radius 2 is 1.91 bits per heavy atom. The highest BCUT2D eigenvalue weighted by Gasteiger charge is 2.13. The van der Waals surface area contributed by atoms with E-state index in [9.17, 15) is 9.59 Å². The van der Waals surface area contributed by atoms with Crippen LogP contribution in [-0.4, -0.2) is 25.5 Å². The molecule has 0 aromatic carbocycles. The second-order valence-electron chi connectivity index (χ2n) is 5.82. The van der Waals surface area contributed by atoms with Gasteiger partial charge in [0.05, 0.1) is 5.69 Å². The molecule has 7 nitrogen and oxygen atoms in total. The molecule has 7 heteroatoms. The molecule has 0 aliphatic rings. The summed E-state index contributed by atoms with van der Waals surface area (Å²) < 4.78 is 1.22. The number of aryl methyl sites for hydroxylation is 1. The summed E-state index contributed by atoms with van der Waals surface area (Å²) in [5.74, 6) is 0.164. The maximum atomic E-state index is 12.3. The summed E-state index contributed by atoms with van der Waals surface area (Å²) >= 11 is 0. The second-order valence-corrected chi connectivity index (χ2v) is 5.82. The van der Waals surface area contributed by atoms with E-state index in [-0.39, 0.29) is 17.2 Å². The number of carbonyl (C=O) groups excluding carboxylic acids is 1. The van der Waals surface area contributed by atoms with Crippen LogP contribution in [0.25, 0.3) is 5.78 Å². The van der Waals surface area contributed by atoms with Crippen molar-refractivity contribution in [2.24, 2.45) is 0 Å². The van der Waals surface area contributed by atoms with E-state index in [1.165, 1.54) is 36.5 Å². The molecule has 23 heavy (non-hydrogen) atoms. The number of H-pyrrole nitrogens is 1. The average Bonchev–Trinajstić information content (AvgIpc) is 2.99. The lowest BCUT2D eigenvalue weighted by Gasteiger charge is -2.07. The fraction of sp³-hybridized carbons (Fsp3) is 0.625. The lowest BCUT2D eigenvalue weighted by atomic mass is 10.1. The van der Waals surface area contributed by atoms with Crippen LogP contribution in [-0.2, 0) is 4.79 Å². The number of fused-ring (bicyclic) bond motifs is 1. The molecule has 0 aliphatic carbocycles. The van der Waals surface area contributed by atoms with E-state index < -0.39 is 0 Å². The molecular formula is C16H25N5O2. The summed E-state index contributed by atoms with van der Waals surface area (Å²) in [5.41, 5.74) is 0.368. The molecule has 126 valence electrons. The first-order chi connectivity index (χ1) is 11.1. The molecule has 0 radical (unpaired) electrons. The molecule has 1 amide bonds. The van der Waals surface area contributed by atoms with Crippen molar-refractivity contribution in [1.29, 1.82) is 0 Å². The number of rotatable bonds is 9. The van der Waals surface area contributed by atoms with Gasteiger partial charge in [-0.15, -0.1) is 0 Å². The normalized spacial score (nSPS) is 11.0. The first kappa shape index (κ1) is 17.2. The van der Waals surface area contributed by atoms with Crippen molar-refractivity contribution >= 4 is 17.4 Å². The Bertz CT molecular complexity index is 704. The molecule has 0 aliphatic heterocycles. The first-order valence-corrected chi connectivity index (χ1v) is 8.36. The number of hydrogen-bond donors (Lipinski definition) is 2. The van der Waals surface area contributed by atoms with Crippen molar-refractivity contribution in [3.8, 4) is 0 Å². The molecule has 2 aromatic heterocycles. The fourth-order valence-electron chi connectivity index (χ4n) is 2.55. The van der Waals surface area contributed by atoms with Gasteiger partial charge in [-0.1, -0.05) is 45.4 Å². The smallest absolute Gasteiger partial charge is 0.298 e. The third-order valence-corrected chi connectivity index (χ3v) is 3.89. The van der Waals surface area contributed by atoms with Crippen LogP contribution in [0.1, 0.15) is 64.0 Å². The Kier molecular flexibility index (Phi) is 6.31. The Hall–Kier alpha value is -2.18. The van der Waals surface area contributed by atoms with Gasteiger partial charge in [0.25, 0.3) is 11.3 Å². The van der Waals surface area contributed by atoms with Crippen LogP contribution in [0.4, 0.5) is 5.69 Å². The number of nitrogens with one attached hydrogen (secondary N) is 2. The third kappa shape index (κ3) is 4.64. The van der Waals surface area contributed by atoms with Crippen LogP contribution in [0.5, 0.6) is 0 Å². The summed E-state index contributed by atoms with van der Waals surface area (Å²) in [5, 5.41) is 5.37. The predicted molar refractivity (Wildman–Crippen MR) is 89.6 cm³/mol. The number of hydrogen-bond acceptors (Lipinski definition) is 4. The van der Waals surface area contributed by atoms with E-state index in [2.05, 4.69) is 27.3 Å². The zero-order valence-corrected chi connectivity index (χ0v) is 13.9. The first-order valence-electron chi connectivity index (χ1n) is 8.36. The van der Waals surface area contributed by atoms with Crippen LogP contribution in [0.3, 0.4) is 0 Å². The van der Waals surface area contributed by atoms with Crippen molar-refractivity contribution in [3.63, 3.8) is 0 Å². The number of amides is 1. The van der Waals surface area contributed by atoms with E-state index in [0.717, 1.165) is 19.3 Å². The van der Waals surface area contributed by atoms with E-state index in [4.69, 9.17) is 0 Å². The largest absolute Gasteiger partial charge is 0.320 e. The fourth-order valence-corrected chi connectivity index (χ4v) is 2.55. The van der Waals surface area contributed by atoms with Crippen molar-refractivity contribution in [3.05, 3.63) is 22.4 Å². The Morgan fingerprint density at radius 3 is 2.65 bits per heavy atom. The van der Waals surface area contributed by atoms with Gasteiger partial charge in [0.15, 0.2) is 0 Å². The number of aromatic nitrogens is 4. The molecule has 0 spiro atoms. The summed E-state index contributed by atoms with van der Waals surface area (Å²) in [6.07, 6.45) is 9.91. The molecule has 0 bridgehead atoms. The van der Waals surface area contributed by atoms with Crippen LogP contribution in [0.2, 0.25) is 0 Å². The van der Waals surface area contributed by atoms with Crippen molar-refractivity contribution in [1.82, 2.24) is 19.6 Å². The molecule has 2 heterocycles. The molecule has 0 saturated heterocycles. The van der Waals surface area contributed by atoms with Gasteiger partial charge in [-0.25, -0.2) is 9.97 Å². The SMILES string of the molecule is CCCCCCCCCC(=O)Nc1c(C)nc2nc[nH]n2c1=O. The number of nitrogens with zero attached hydrogens (tertiary/aromatic N) is 3. The van der Waals surface area contributed by atoms with E-state index in [0.29, 0.717) is 17.9 Å². The van der Waals surface area contributed by atoms with Gasteiger partial charge < -0.3 is 5.32 Å². The van der Waals surface area contributed by atoms with Gasteiger partial charge >= 0.3 is 0 Å². The maximum absolute atomic E-state index is 12.3. The minimum atomic E-state index is -0.335. The van der Waals surface area contributed by atoms with Crippen molar-refractivity contribution in [2.75, 3.05) is 5.32 Å². The standard InChI is InChI=1S/C16H25N5O2/c1-3-4-5-6-7-8-9-10-13(22)20-14-12(2)19-16-17-11-18-21(16)15(14)23/h11H,3-10H2,1-2H3,(H,20,22)(H,17,18,19). The maximum Gasteiger partial charge on any atom is 0.298 e. The molecule has 2 rings (SSSR count). The van der Waals surface area contributed by atoms with Crippen LogP contribution >= 0.6 is 0 Å². The predicted octanol–water partition coefficient (Wildman–Crippen LogP) is 2.81. The molecule has 0 fully saturated rings. The number of anilines is 1. The van der Waals surface area contributed by atoms with Gasteiger partial charge in [-0.05, 0) is 13.3 Å². The minimum Gasteiger partial charge on any atom is -0.320 e. The molecule has 0 saturated carbocycles. The Balaban J connectivity index is 1.83. The topological polar surface area (TPSA) is 92.2 Å². The molecule has 0 atom stereocenters. The van der Waals surface area contributed by atoms with Crippen LogP contribution in [0.15, 0.2) is 11.1 Å². The quantitative estimate of drug-likeness (QED) is 0.695. The summed E-state index contributed by atoms with van der Waals surface area (Å²) in [4.78, 5) is 32.4. The molecule has 2 N–H and O–H groups in total. The van der Waals surface area contributed by atoms with Gasteiger partial charge in [-0.3, -0.25) is 14.7 Å². The third-order valence-electron chi connectivity index (χ3n) is 3.89. The van der Waals surface area contributed by atoms with Gasteiger partial charge in [-0.2, -0.15) is 4.52 Å². The zero-order chi connectivity index (χ0) is 16.7. The number of carbonyl (C=O) groups is 1. The van der Waals surface area contributed by atoms with Gasteiger partial charge in [0, 0.05) is 6.42 Å². The van der Waals surface area contributed by atoms with Crippen molar-refractivity contribution in [2.45, 2.75) is 65.2 Å². The monoisotopic (exact) mass is 319 g/mol. The number of aromatic amines is 1. The van der Waals surface area contributed by atoms with E-state index >= 15 is 0 Å². The van der Waals surface area contributed by atoms with E-state index in [1.54, 1.807) is 6.92 Å². The Labute approximate surface area is 135 Å². The minimum absolute atomic E-state index is 0.139. The van der Waals surface area contributed by atoms with E-state index in [1.807, 2.05) is 0 Å². The number of unbranched alkanes of at least 4 members (excludes halogenated alkanes) is 6. The Morgan fingerprint density at radius 1 is 1.22 bits per heavy atom.